The molecule has 3 heteroatoms. The van der Waals surface area contributed by atoms with Crippen LogP contribution in [-0.4, -0.2) is 24.8 Å². The maximum atomic E-state index is 11.4. The summed E-state index contributed by atoms with van der Waals surface area (Å²) in [5.41, 5.74) is -1.05. The zero-order valence-corrected chi connectivity index (χ0v) is 9.89. The van der Waals surface area contributed by atoms with Gasteiger partial charge in [0.25, 0.3) is 0 Å². The predicted molar refractivity (Wildman–Crippen MR) is 56.3 cm³/mol. The third-order valence-corrected chi connectivity index (χ3v) is 2.91. The van der Waals surface area contributed by atoms with Crippen LogP contribution in [0.1, 0.15) is 40.5 Å². The SMILES string of the molecule is CCCC(COC)(C(=O)O)C(C)(C)C. The molecule has 1 atom stereocenters. The summed E-state index contributed by atoms with van der Waals surface area (Å²) in [5.74, 6) is -0.756. The fourth-order valence-corrected chi connectivity index (χ4v) is 1.83. The molecule has 0 aliphatic heterocycles. The number of carboxylic acid groups (broad SMARTS) is 1. The van der Waals surface area contributed by atoms with Gasteiger partial charge in [0.1, 0.15) is 0 Å². The molecule has 0 aromatic rings. The Kier molecular flexibility index (Phi) is 4.59. The number of hydrogen-bond donors (Lipinski definition) is 1. The normalized spacial score (nSPS) is 16.4. The molecule has 0 aromatic heterocycles. The first-order valence-electron chi connectivity index (χ1n) is 5.04. The number of carboxylic acids is 1. The zero-order valence-electron chi connectivity index (χ0n) is 9.89. The van der Waals surface area contributed by atoms with Crippen LogP contribution >= 0.6 is 0 Å². The summed E-state index contributed by atoms with van der Waals surface area (Å²) in [6, 6.07) is 0. The molecule has 84 valence electrons. The van der Waals surface area contributed by atoms with Crippen LogP contribution in [0.15, 0.2) is 0 Å². The fourth-order valence-electron chi connectivity index (χ4n) is 1.83. The highest BCUT2D eigenvalue weighted by Gasteiger charge is 2.47. The van der Waals surface area contributed by atoms with Crippen LogP contribution in [0.2, 0.25) is 0 Å². The van der Waals surface area contributed by atoms with E-state index in [0.717, 1.165) is 6.42 Å². The standard InChI is InChI=1S/C11H22O3/c1-6-7-11(8-14-5,9(12)13)10(2,3)4/h6-8H2,1-5H3,(H,12,13). The van der Waals surface area contributed by atoms with E-state index in [-0.39, 0.29) is 12.0 Å². The van der Waals surface area contributed by atoms with Gasteiger partial charge in [0.2, 0.25) is 0 Å². The lowest BCUT2D eigenvalue weighted by molar-refractivity contribution is -0.162. The van der Waals surface area contributed by atoms with Gasteiger partial charge in [-0.2, -0.15) is 0 Å². The lowest BCUT2D eigenvalue weighted by Crippen LogP contribution is -2.46. The molecule has 0 bridgehead atoms. The van der Waals surface area contributed by atoms with Gasteiger partial charge in [0.15, 0.2) is 0 Å². The molecule has 0 aromatic carbocycles. The highest BCUT2D eigenvalue weighted by Crippen LogP contribution is 2.43. The molecule has 0 spiro atoms. The molecular weight excluding hydrogens is 180 g/mol. The second-order valence-corrected chi connectivity index (χ2v) is 4.82. The van der Waals surface area contributed by atoms with Crippen molar-refractivity contribution in [3.8, 4) is 0 Å². The third kappa shape index (κ3) is 2.47. The largest absolute Gasteiger partial charge is 0.481 e. The van der Waals surface area contributed by atoms with E-state index in [1.807, 2.05) is 27.7 Å². The summed E-state index contributed by atoms with van der Waals surface area (Å²) < 4.78 is 5.07. The monoisotopic (exact) mass is 202 g/mol. The zero-order chi connectivity index (χ0) is 11.4. The molecule has 1 N–H and O–H groups in total. The van der Waals surface area contributed by atoms with Crippen molar-refractivity contribution >= 4 is 5.97 Å². The van der Waals surface area contributed by atoms with E-state index in [0.29, 0.717) is 6.42 Å². The Hall–Kier alpha value is -0.570. The number of rotatable bonds is 5. The van der Waals surface area contributed by atoms with E-state index in [9.17, 15) is 9.90 Å². The Morgan fingerprint density at radius 3 is 2.07 bits per heavy atom. The summed E-state index contributed by atoms with van der Waals surface area (Å²) in [7, 11) is 1.55. The van der Waals surface area contributed by atoms with Crippen molar-refractivity contribution in [2.24, 2.45) is 10.8 Å². The van der Waals surface area contributed by atoms with Crippen LogP contribution in [0.5, 0.6) is 0 Å². The highest BCUT2D eigenvalue weighted by molar-refractivity contribution is 5.75. The third-order valence-electron chi connectivity index (χ3n) is 2.91. The molecule has 3 nitrogen and oxygen atoms in total. The van der Waals surface area contributed by atoms with Gasteiger partial charge in [0.05, 0.1) is 12.0 Å². The summed E-state index contributed by atoms with van der Waals surface area (Å²) in [4.78, 5) is 11.4. The van der Waals surface area contributed by atoms with Crippen LogP contribution < -0.4 is 0 Å². The molecule has 0 radical (unpaired) electrons. The summed E-state index contributed by atoms with van der Waals surface area (Å²) >= 11 is 0. The van der Waals surface area contributed by atoms with Gasteiger partial charge in [-0.1, -0.05) is 34.1 Å². The van der Waals surface area contributed by atoms with E-state index < -0.39 is 11.4 Å². The maximum absolute atomic E-state index is 11.4. The van der Waals surface area contributed by atoms with Crippen molar-refractivity contribution < 1.29 is 14.6 Å². The predicted octanol–water partition coefficient (Wildman–Crippen LogP) is 2.55. The Labute approximate surface area is 86.5 Å². The smallest absolute Gasteiger partial charge is 0.312 e. The fraction of sp³-hybridized carbons (Fsp3) is 0.909. The summed E-state index contributed by atoms with van der Waals surface area (Å²) in [5, 5.41) is 9.34. The minimum Gasteiger partial charge on any atom is -0.481 e. The van der Waals surface area contributed by atoms with E-state index in [4.69, 9.17) is 4.74 Å². The van der Waals surface area contributed by atoms with Gasteiger partial charge in [-0.3, -0.25) is 4.79 Å². The van der Waals surface area contributed by atoms with Crippen molar-refractivity contribution in [3.63, 3.8) is 0 Å². The second-order valence-electron chi connectivity index (χ2n) is 4.82. The number of hydrogen-bond acceptors (Lipinski definition) is 2. The van der Waals surface area contributed by atoms with E-state index in [1.165, 1.54) is 0 Å². The van der Waals surface area contributed by atoms with Gasteiger partial charge in [-0.05, 0) is 11.8 Å². The van der Waals surface area contributed by atoms with Crippen molar-refractivity contribution in [1.29, 1.82) is 0 Å². The van der Waals surface area contributed by atoms with E-state index in [1.54, 1.807) is 7.11 Å². The van der Waals surface area contributed by atoms with E-state index in [2.05, 4.69) is 0 Å². The molecule has 0 aliphatic carbocycles. The van der Waals surface area contributed by atoms with Crippen LogP contribution in [0.25, 0.3) is 0 Å². The lowest BCUT2D eigenvalue weighted by Gasteiger charge is -2.40. The second kappa shape index (κ2) is 4.78. The summed E-state index contributed by atoms with van der Waals surface area (Å²) in [6.45, 7) is 8.14. The van der Waals surface area contributed by atoms with Gasteiger partial charge in [-0.15, -0.1) is 0 Å². The molecule has 0 aliphatic rings. The molecular formula is C11H22O3. The molecule has 0 heterocycles. The number of carbonyl (C=O) groups is 1. The van der Waals surface area contributed by atoms with Crippen LogP contribution in [0.4, 0.5) is 0 Å². The van der Waals surface area contributed by atoms with E-state index >= 15 is 0 Å². The van der Waals surface area contributed by atoms with Crippen LogP contribution in [0.3, 0.4) is 0 Å². The van der Waals surface area contributed by atoms with Crippen molar-refractivity contribution in [2.75, 3.05) is 13.7 Å². The van der Waals surface area contributed by atoms with Crippen molar-refractivity contribution in [1.82, 2.24) is 0 Å². The van der Waals surface area contributed by atoms with Gasteiger partial charge < -0.3 is 9.84 Å². The van der Waals surface area contributed by atoms with Gasteiger partial charge in [0, 0.05) is 7.11 Å². The van der Waals surface area contributed by atoms with Crippen LogP contribution in [-0.2, 0) is 9.53 Å². The highest BCUT2D eigenvalue weighted by atomic mass is 16.5. The first kappa shape index (κ1) is 13.4. The lowest BCUT2D eigenvalue weighted by atomic mass is 9.64. The minimum atomic E-state index is -0.767. The average Bonchev–Trinajstić information content (AvgIpc) is 2.01. The Morgan fingerprint density at radius 1 is 1.36 bits per heavy atom. The molecule has 14 heavy (non-hydrogen) atoms. The molecule has 0 rings (SSSR count). The molecule has 0 amide bonds. The average molecular weight is 202 g/mol. The topological polar surface area (TPSA) is 46.5 Å². The minimum absolute atomic E-state index is 0.277. The molecule has 0 fully saturated rings. The Balaban J connectivity index is 5.04. The summed E-state index contributed by atoms with van der Waals surface area (Å²) in [6.07, 6.45) is 1.51. The molecule has 0 saturated carbocycles. The Morgan fingerprint density at radius 2 is 1.86 bits per heavy atom. The maximum Gasteiger partial charge on any atom is 0.312 e. The Bertz CT molecular complexity index is 185. The van der Waals surface area contributed by atoms with Crippen molar-refractivity contribution in [2.45, 2.75) is 40.5 Å². The van der Waals surface area contributed by atoms with Gasteiger partial charge >= 0.3 is 5.97 Å². The quantitative estimate of drug-likeness (QED) is 0.745. The molecule has 1 unspecified atom stereocenters. The molecule has 0 saturated heterocycles. The van der Waals surface area contributed by atoms with Gasteiger partial charge in [-0.25, -0.2) is 0 Å². The first-order valence-corrected chi connectivity index (χ1v) is 5.04. The first-order chi connectivity index (χ1) is 6.31. The van der Waals surface area contributed by atoms with Crippen LogP contribution in [0, 0.1) is 10.8 Å². The number of aliphatic carboxylic acids is 1. The number of ether oxygens (including phenoxy) is 1. The van der Waals surface area contributed by atoms with Crippen molar-refractivity contribution in [3.05, 3.63) is 0 Å². The number of methoxy groups -OCH3 is 1.